The number of carboxylic acid groups (broad SMARTS) is 1. The van der Waals surface area contributed by atoms with E-state index in [1.165, 1.54) is 44.4 Å². The molecule has 11 N–H and O–H groups in total. The molecule has 29 nitrogen and oxygen atoms in total. The standard InChI is InChI=1S/C66H82F5N7O22/c1-5-11-43(62(90)91)94-59-54(85)47(27-80)98-66(60(59)99-63(92)31-12-8-7-9-13-31)96-45-22-34(17-30(6-2)58(45)100-65-57(88)56(87)51(82)29(4)93-65)42(81)14-10-15-72-61(89)35-21-41(77-24-39(73-75-77)33-19-37(68)49(71)38(69)20-33)52(83)44(23-35)95-64-55(86)50(53(84)46(26-79)97-64)78-25-40(74-76-78)32-16-28(3)48(70)36(67)18-32/h7-9,12-13,16,18-20,24-25,29-30,34-35,41,43-47,50-60,64-66,79-80,82-88H,5-6,10-11,14-15,17,21-23,26-27H2,1-4H3,(H,72,89)(H,90,91)/t29?,30-,34?,35+,41?,43+,44-,45-,46?,47+,50-,51-,52?,53+,54+,55?,56+,57?,58?,59?,60?,64-,65+,66-/m1/s1. The number of aliphatic carboxylic acids is 1. The molecule has 1 amide bonds. The molecule has 10 rings (SSSR count). The van der Waals surface area contributed by atoms with Crippen LogP contribution in [0.5, 0.6) is 0 Å². The smallest absolute Gasteiger partial charge is 0.338 e. The molecule has 548 valence electrons. The molecule has 100 heavy (non-hydrogen) atoms. The minimum atomic E-state index is -1.90. The minimum absolute atomic E-state index is 0.00722. The third-order valence-corrected chi connectivity index (χ3v) is 19.2. The van der Waals surface area contributed by atoms with Gasteiger partial charge in [0.15, 0.2) is 60.2 Å². The molecule has 5 aliphatic rings. The molecule has 2 saturated carbocycles. The molecule has 5 fully saturated rings. The number of aromatic nitrogens is 6. The van der Waals surface area contributed by atoms with E-state index in [0.717, 1.165) is 15.4 Å². The van der Waals surface area contributed by atoms with Crippen molar-refractivity contribution in [3.8, 4) is 22.5 Å². The summed E-state index contributed by atoms with van der Waals surface area (Å²) in [5, 5.41) is 130. The normalized spacial score (nSPS) is 33.6. The predicted octanol–water partition coefficient (Wildman–Crippen LogP) is 2.03. The number of ether oxygens (including phenoxy) is 8. The molecular weight excluding hydrogens is 1340 g/mol. The zero-order valence-electron chi connectivity index (χ0n) is 54.6. The van der Waals surface area contributed by atoms with E-state index in [2.05, 4.69) is 25.9 Å². The summed E-state index contributed by atoms with van der Waals surface area (Å²) < 4.78 is 123. The quantitative estimate of drug-likeness (QED) is 0.0163. The highest BCUT2D eigenvalue weighted by molar-refractivity contribution is 5.89. The van der Waals surface area contributed by atoms with E-state index in [0.29, 0.717) is 18.6 Å². The summed E-state index contributed by atoms with van der Waals surface area (Å²) >= 11 is 0. The third-order valence-electron chi connectivity index (χ3n) is 19.2. The van der Waals surface area contributed by atoms with Gasteiger partial charge in [-0.05, 0) is 100 Å². The van der Waals surface area contributed by atoms with Gasteiger partial charge in [-0.2, -0.15) is 0 Å². The molecule has 3 saturated heterocycles. The molecule has 5 aromatic rings. The molecule has 34 heteroatoms. The summed E-state index contributed by atoms with van der Waals surface area (Å²) in [6, 6.07) is 8.31. The van der Waals surface area contributed by atoms with Crippen LogP contribution in [0.1, 0.15) is 107 Å². The van der Waals surface area contributed by atoms with E-state index < -0.39 is 207 Å². The van der Waals surface area contributed by atoms with Crippen molar-refractivity contribution in [2.45, 2.75) is 214 Å². The number of esters is 1. The number of Topliss-reactive ketones (excluding diaryl/α,β-unsaturated/α-hetero) is 1. The Bertz CT molecular complexity index is 3580. The van der Waals surface area contributed by atoms with Crippen molar-refractivity contribution in [3.63, 3.8) is 0 Å². The number of nitrogens with one attached hydrogen (secondary N) is 1. The van der Waals surface area contributed by atoms with E-state index in [4.69, 9.17) is 37.9 Å². The van der Waals surface area contributed by atoms with Gasteiger partial charge in [0.2, 0.25) is 5.91 Å². The van der Waals surface area contributed by atoms with Crippen molar-refractivity contribution in [2.75, 3.05) is 19.8 Å². The number of carboxylic acids is 1. The molecule has 3 aromatic carbocycles. The first-order chi connectivity index (χ1) is 47.7. The molecule has 2 aromatic heterocycles. The zero-order valence-corrected chi connectivity index (χ0v) is 54.6. The topological polar surface area (TPSA) is 418 Å². The van der Waals surface area contributed by atoms with E-state index in [-0.39, 0.29) is 97.3 Å². The van der Waals surface area contributed by atoms with Crippen LogP contribution in [0, 0.1) is 53.8 Å². The zero-order chi connectivity index (χ0) is 72.1. The van der Waals surface area contributed by atoms with Crippen LogP contribution in [0.2, 0.25) is 0 Å². The van der Waals surface area contributed by atoms with E-state index in [9.17, 15) is 92.2 Å². The second kappa shape index (κ2) is 33.0. The van der Waals surface area contributed by atoms with Crippen molar-refractivity contribution in [1.29, 1.82) is 0 Å². The highest BCUT2D eigenvalue weighted by atomic mass is 19.2. The molecule has 0 radical (unpaired) electrons. The van der Waals surface area contributed by atoms with Gasteiger partial charge < -0.3 is 94.3 Å². The Balaban J connectivity index is 0.879. The van der Waals surface area contributed by atoms with Crippen molar-refractivity contribution in [2.24, 2.45) is 17.8 Å². The summed E-state index contributed by atoms with van der Waals surface area (Å²) in [5.41, 5.74) is -0.381. The Morgan fingerprint density at radius 2 is 1.25 bits per heavy atom. The number of rotatable bonds is 26. The first-order valence-corrected chi connectivity index (χ1v) is 33.0. The minimum Gasteiger partial charge on any atom is -0.479 e. The monoisotopic (exact) mass is 1420 g/mol. The number of carbonyl (C=O) groups is 4. The Morgan fingerprint density at radius 3 is 1.89 bits per heavy atom. The van der Waals surface area contributed by atoms with Gasteiger partial charge in [0, 0.05) is 35.9 Å². The van der Waals surface area contributed by atoms with Crippen LogP contribution in [0.3, 0.4) is 0 Å². The van der Waals surface area contributed by atoms with Crippen LogP contribution < -0.4 is 5.32 Å². The molecule has 2 aliphatic carbocycles. The fraction of sp³-hybridized carbons (Fsp3) is 0.606. The highest BCUT2D eigenvalue weighted by Gasteiger charge is 2.55. The number of carbonyl (C=O) groups excluding carboxylic acids is 3. The van der Waals surface area contributed by atoms with Gasteiger partial charge in [-0.1, -0.05) is 55.3 Å². The van der Waals surface area contributed by atoms with Crippen LogP contribution in [0.4, 0.5) is 22.0 Å². The average Bonchev–Trinajstić information content (AvgIpc) is 1.26. The number of aryl methyl sites for hydroxylation is 1. The van der Waals surface area contributed by atoms with Gasteiger partial charge in [0.25, 0.3) is 0 Å². The SMILES string of the molecule is CCC[C@H](OC1C(OC(=O)c2ccccc2)[C@H](O[C@@H]2CC(C(=O)CCCNC(=O)[C@H]3CC(n4cc(-c5cc(F)c(F)c(F)c5)nn4)C(O)[C@H](O[C@@H]4OC(CO)[C@H](O)[C@@H](n5cc(-c6cc(C)c(F)c(F)c6)nn5)C4O)C3)C[C@@H](CC)C2O[C@@H]2OC(C)[C@@H](O)[C@H](O)C2O)O[C@@H](CO)[C@@H]1O)C(=O)O. The van der Waals surface area contributed by atoms with Gasteiger partial charge in [0.05, 0.1) is 61.6 Å². The second-order valence-electron chi connectivity index (χ2n) is 25.9. The first-order valence-electron chi connectivity index (χ1n) is 33.0. The Labute approximate surface area is 568 Å². The van der Waals surface area contributed by atoms with Crippen LogP contribution in [0.15, 0.2) is 67.0 Å². The molecule has 24 atom stereocenters. The third kappa shape index (κ3) is 16.6. The highest BCUT2D eigenvalue weighted by Crippen LogP contribution is 2.43. The summed E-state index contributed by atoms with van der Waals surface area (Å²) in [4.78, 5) is 55.6. The molecule has 3 aliphatic heterocycles. The van der Waals surface area contributed by atoms with Gasteiger partial charge in [-0.3, -0.25) is 9.59 Å². The fourth-order valence-corrected chi connectivity index (χ4v) is 13.7. The Kier molecular flexibility index (Phi) is 25.0. The molecular formula is C66H82F5N7O22. The number of ketones is 1. The van der Waals surface area contributed by atoms with Gasteiger partial charge in [-0.15, -0.1) is 10.2 Å². The molecule has 0 spiro atoms. The number of amides is 1. The Morgan fingerprint density at radius 1 is 0.650 bits per heavy atom. The maximum absolute atomic E-state index is 14.7. The predicted molar refractivity (Wildman–Crippen MR) is 329 cm³/mol. The first kappa shape index (κ1) is 75.7. The summed E-state index contributed by atoms with van der Waals surface area (Å²) in [6.45, 7) is 4.34. The van der Waals surface area contributed by atoms with Crippen LogP contribution in [-0.2, 0) is 52.3 Å². The maximum atomic E-state index is 14.7. The lowest BCUT2D eigenvalue weighted by atomic mass is 9.74. The van der Waals surface area contributed by atoms with E-state index >= 15 is 0 Å². The summed E-state index contributed by atoms with van der Waals surface area (Å²) in [7, 11) is 0. The van der Waals surface area contributed by atoms with Crippen molar-refractivity contribution >= 4 is 23.6 Å². The van der Waals surface area contributed by atoms with Gasteiger partial charge in [-0.25, -0.2) is 40.9 Å². The number of hydrogen-bond donors (Lipinski definition) is 11. The second-order valence-corrected chi connectivity index (χ2v) is 25.9. The van der Waals surface area contributed by atoms with Crippen LogP contribution in [-0.4, -0.2) is 241 Å². The summed E-state index contributed by atoms with van der Waals surface area (Å²) in [5.74, 6) is -13.1. The van der Waals surface area contributed by atoms with Gasteiger partial charge >= 0.3 is 11.9 Å². The van der Waals surface area contributed by atoms with Crippen molar-refractivity contribution < 1.29 is 130 Å². The lowest BCUT2D eigenvalue weighted by molar-refractivity contribution is -0.349. The maximum Gasteiger partial charge on any atom is 0.338 e. The lowest BCUT2D eigenvalue weighted by Gasteiger charge is -2.48. The summed E-state index contributed by atoms with van der Waals surface area (Å²) in [6.07, 6.45) is -28.4. The van der Waals surface area contributed by atoms with Crippen molar-refractivity contribution in [1.82, 2.24) is 35.3 Å². The van der Waals surface area contributed by atoms with Gasteiger partial charge in [0.1, 0.15) is 84.3 Å². The Hall–Kier alpha value is -6.97. The molecule has 5 heterocycles. The number of aliphatic hydroxyl groups is 9. The number of benzene rings is 3. The largest absolute Gasteiger partial charge is 0.479 e. The number of hydrogen-bond acceptors (Lipinski definition) is 25. The number of halogens is 5. The molecule has 10 unspecified atom stereocenters. The van der Waals surface area contributed by atoms with E-state index in [1.54, 1.807) is 32.0 Å². The number of aliphatic hydroxyl groups excluding tert-OH is 9. The fourth-order valence-electron chi connectivity index (χ4n) is 13.7. The lowest BCUT2D eigenvalue weighted by Crippen LogP contribution is -2.64. The van der Waals surface area contributed by atoms with Crippen LogP contribution >= 0.6 is 0 Å². The van der Waals surface area contributed by atoms with E-state index in [1.807, 2.05) is 0 Å². The number of nitrogens with zero attached hydrogens (tertiary/aromatic N) is 6. The van der Waals surface area contributed by atoms with Crippen LogP contribution in [0.25, 0.3) is 22.5 Å². The van der Waals surface area contributed by atoms with Crippen molar-refractivity contribution in [3.05, 3.63) is 107 Å². The average molecular weight is 1420 g/mol. The molecule has 0 bridgehead atoms.